The van der Waals surface area contributed by atoms with Crippen molar-refractivity contribution in [1.29, 1.82) is 0 Å². The summed E-state index contributed by atoms with van der Waals surface area (Å²) in [5, 5.41) is 5.75. The predicted molar refractivity (Wildman–Crippen MR) is 59.7 cm³/mol. The van der Waals surface area contributed by atoms with Gasteiger partial charge >= 0.3 is 0 Å². The summed E-state index contributed by atoms with van der Waals surface area (Å²) >= 11 is 0. The van der Waals surface area contributed by atoms with E-state index < -0.39 is 0 Å². The molecule has 1 aliphatic carbocycles. The average molecular weight is 214 g/mol. The van der Waals surface area contributed by atoms with E-state index in [4.69, 9.17) is 4.74 Å². The molecule has 15 heavy (non-hydrogen) atoms. The quantitative estimate of drug-likeness (QED) is 0.579. The molecule has 88 valence electrons. The molecule has 4 heteroatoms. The molecule has 4 nitrogen and oxygen atoms in total. The molecule has 1 unspecified atom stereocenters. The second-order valence-electron chi connectivity index (χ2n) is 4.16. The molecular formula is C11H22N2O2. The number of carbonyl (C=O) groups excluding carboxylic acids is 1. The second kappa shape index (κ2) is 6.80. The highest BCUT2D eigenvalue weighted by Gasteiger charge is 2.20. The highest BCUT2D eigenvalue weighted by atomic mass is 16.5. The molecule has 0 saturated heterocycles. The van der Waals surface area contributed by atoms with Crippen molar-refractivity contribution in [2.24, 2.45) is 5.92 Å². The Hall–Kier alpha value is -0.610. The largest absolute Gasteiger partial charge is 0.381 e. The second-order valence-corrected chi connectivity index (χ2v) is 4.16. The fraction of sp³-hybridized carbons (Fsp3) is 0.909. The number of hydrogen-bond donors (Lipinski definition) is 2. The first kappa shape index (κ1) is 12.5. The van der Waals surface area contributed by atoms with Gasteiger partial charge in [0, 0.05) is 20.3 Å². The third-order valence-corrected chi connectivity index (χ3v) is 2.61. The van der Waals surface area contributed by atoms with Crippen LogP contribution in [0.3, 0.4) is 0 Å². The van der Waals surface area contributed by atoms with E-state index in [0.29, 0.717) is 0 Å². The van der Waals surface area contributed by atoms with Gasteiger partial charge < -0.3 is 15.4 Å². The number of ether oxygens (including phenoxy) is 1. The third kappa shape index (κ3) is 5.74. The molecule has 1 aliphatic rings. The van der Waals surface area contributed by atoms with Crippen LogP contribution in [0.1, 0.15) is 26.2 Å². The third-order valence-electron chi connectivity index (χ3n) is 2.61. The van der Waals surface area contributed by atoms with Crippen molar-refractivity contribution in [2.45, 2.75) is 32.2 Å². The summed E-state index contributed by atoms with van der Waals surface area (Å²) in [5.74, 6) is 0.872. The van der Waals surface area contributed by atoms with Gasteiger partial charge in [-0.05, 0) is 38.6 Å². The first-order valence-electron chi connectivity index (χ1n) is 5.76. The SMILES string of the molecule is CNC(=O)C(C)NCCCOCC1CC1. The molecule has 2 N–H and O–H groups in total. The molecule has 0 bridgehead atoms. The van der Waals surface area contributed by atoms with Gasteiger partial charge in [-0.3, -0.25) is 4.79 Å². The van der Waals surface area contributed by atoms with Crippen molar-refractivity contribution in [3.63, 3.8) is 0 Å². The summed E-state index contributed by atoms with van der Waals surface area (Å²) < 4.78 is 5.49. The molecule has 0 radical (unpaired) electrons. The monoisotopic (exact) mass is 214 g/mol. The lowest BCUT2D eigenvalue weighted by molar-refractivity contribution is -0.122. The van der Waals surface area contributed by atoms with Crippen LogP contribution in [0.5, 0.6) is 0 Å². The summed E-state index contributed by atoms with van der Waals surface area (Å²) in [7, 11) is 1.65. The number of carbonyl (C=O) groups is 1. The van der Waals surface area contributed by atoms with E-state index in [1.165, 1.54) is 12.8 Å². The topological polar surface area (TPSA) is 50.4 Å². The summed E-state index contributed by atoms with van der Waals surface area (Å²) in [6.07, 6.45) is 3.64. The molecular weight excluding hydrogens is 192 g/mol. The van der Waals surface area contributed by atoms with E-state index in [1.54, 1.807) is 7.05 Å². The number of nitrogens with one attached hydrogen (secondary N) is 2. The minimum atomic E-state index is -0.113. The van der Waals surface area contributed by atoms with Crippen LogP contribution in [0.2, 0.25) is 0 Å². The van der Waals surface area contributed by atoms with Gasteiger partial charge in [-0.1, -0.05) is 0 Å². The van der Waals surface area contributed by atoms with Crippen LogP contribution < -0.4 is 10.6 Å². The van der Waals surface area contributed by atoms with Gasteiger partial charge in [-0.2, -0.15) is 0 Å². The molecule has 1 rings (SSSR count). The van der Waals surface area contributed by atoms with E-state index in [0.717, 1.165) is 32.1 Å². The highest BCUT2D eigenvalue weighted by Crippen LogP contribution is 2.28. The van der Waals surface area contributed by atoms with Crippen molar-refractivity contribution in [3.05, 3.63) is 0 Å². The lowest BCUT2D eigenvalue weighted by Gasteiger charge is -2.11. The van der Waals surface area contributed by atoms with Crippen LogP contribution in [0.4, 0.5) is 0 Å². The Morgan fingerprint density at radius 1 is 1.53 bits per heavy atom. The Balaban J connectivity index is 1.84. The Kier molecular flexibility index (Phi) is 5.65. The van der Waals surface area contributed by atoms with Crippen LogP contribution in [-0.4, -0.2) is 38.8 Å². The van der Waals surface area contributed by atoms with Gasteiger partial charge in [-0.15, -0.1) is 0 Å². The number of likely N-dealkylation sites (N-methyl/N-ethyl adjacent to an activating group) is 1. The molecule has 0 aromatic heterocycles. The Labute approximate surface area is 91.8 Å². The van der Waals surface area contributed by atoms with Gasteiger partial charge in [-0.25, -0.2) is 0 Å². The van der Waals surface area contributed by atoms with Crippen molar-refractivity contribution in [2.75, 3.05) is 26.8 Å². The van der Waals surface area contributed by atoms with E-state index in [9.17, 15) is 4.79 Å². The molecule has 0 aliphatic heterocycles. The Morgan fingerprint density at radius 3 is 2.87 bits per heavy atom. The zero-order chi connectivity index (χ0) is 11.1. The minimum Gasteiger partial charge on any atom is -0.381 e. The van der Waals surface area contributed by atoms with Gasteiger partial charge in [0.05, 0.1) is 6.04 Å². The highest BCUT2D eigenvalue weighted by molar-refractivity contribution is 5.80. The van der Waals surface area contributed by atoms with Crippen molar-refractivity contribution in [3.8, 4) is 0 Å². The number of rotatable bonds is 8. The molecule has 1 amide bonds. The first-order chi connectivity index (χ1) is 7.24. The maximum atomic E-state index is 11.1. The zero-order valence-corrected chi connectivity index (χ0v) is 9.71. The first-order valence-corrected chi connectivity index (χ1v) is 5.76. The fourth-order valence-corrected chi connectivity index (χ4v) is 1.34. The van der Waals surface area contributed by atoms with Crippen molar-refractivity contribution in [1.82, 2.24) is 10.6 Å². The summed E-state index contributed by atoms with van der Waals surface area (Å²) in [4.78, 5) is 11.1. The van der Waals surface area contributed by atoms with Crippen LogP contribution >= 0.6 is 0 Å². The van der Waals surface area contributed by atoms with Crippen LogP contribution in [0.15, 0.2) is 0 Å². The molecule has 0 aromatic carbocycles. The normalized spacial score (nSPS) is 17.5. The van der Waals surface area contributed by atoms with E-state index >= 15 is 0 Å². The molecule has 0 heterocycles. The summed E-state index contributed by atoms with van der Waals surface area (Å²) in [6.45, 7) is 4.41. The molecule has 1 atom stereocenters. The van der Waals surface area contributed by atoms with Crippen LogP contribution in [0, 0.1) is 5.92 Å². The molecule has 0 aromatic rings. The average Bonchev–Trinajstić information content (AvgIpc) is 3.05. The van der Waals surface area contributed by atoms with Crippen molar-refractivity contribution >= 4 is 5.91 Å². The molecule has 1 saturated carbocycles. The fourth-order valence-electron chi connectivity index (χ4n) is 1.34. The van der Waals surface area contributed by atoms with Gasteiger partial charge in [0.25, 0.3) is 0 Å². The van der Waals surface area contributed by atoms with Crippen LogP contribution in [-0.2, 0) is 9.53 Å². The van der Waals surface area contributed by atoms with E-state index in [-0.39, 0.29) is 11.9 Å². The number of hydrogen-bond acceptors (Lipinski definition) is 3. The van der Waals surface area contributed by atoms with Crippen LogP contribution in [0.25, 0.3) is 0 Å². The summed E-state index contributed by atoms with van der Waals surface area (Å²) in [5.41, 5.74) is 0. The smallest absolute Gasteiger partial charge is 0.236 e. The van der Waals surface area contributed by atoms with Gasteiger partial charge in [0.1, 0.15) is 0 Å². The molecule has 1 fully saturated rings. The molecule has 0 spiro atoms. The maximum absolute atomic E-state index is 11.1. The maximum Gasteiger partial charge on any atom is 0.236 e. The summed E-state index contributed by atoms with van der Waals surface area (Å²) in [6, 6.07) is -0.113. The lowest BCUT2D eigenvalue weighted by Crippen LogP contribution is -2.41. The Bertz CT molecular complexity index is 193. The Morgan fingerprint density at radius 2 is 2.27 bits per heavy atom. The van der Waals surface area contributed by atoms with E-state index in [1.807, 2.05) is 6.92 Å². The van der Waals surface area contributed by atoms with Gasteiger partial charge in [0.15, 0.2) is 0 Å². The zero-order valence-electron chi connectivity index (χ0n) is 9.71. The minimum absolute atomic E-state index is 0.0360. The van der Waals surface area contributed by atoms with Crippen molar-refractivity contribution < 1.29 is 9.53 Å². The standard InChI is InChI=1S/C11H22N2O2/c1-9(11(14)12-2)13-6-3-7-15-8-10-4-5-10/h9-10,13H,3-8H2,1-2H3,(H,12,14). The van der Waals surface area contributed by atoms with E-state index in [2.05, 4.69) is 10.6 Å². The van der Waals surface area contributed by atoms with Gasteiger partial charge in [0.2, 0.25) is 5.91 Å². The lowest BCUT2D eigenvalue weighted by atomic mass is 10.3. The predicted octanol–water partition coefficient (Wildman–Crippen LogP) is 0.527. The number of amides is 1.